The Balaban J connectivity index is 1.69. The summed E-state index contributed by atoms with van der Waals surface area (Å²) in [5.41, 5.74) is -0.100. The van der Waals surface area contributed by atoms with Gasteiger partial charge in [0.25, 0.3) is 0 Å². The van der Waals surface area contributed by atoms with Crippen molar-refractivity contribution in [3.63, 3.8) is 0 Å². The number of rotatable bonds is 5. The number of unbranched alkanes of at least 4 members (excludes halogenated alkanes) is 2. The monoisotopic (exact) mass is 406 g/mol. The van der Waals surface area contributed by atoms with Gasteiger partial charge in [0.05, 0.1) is 18.8 Å². The van der Waals surface area contributed by atoms with E-state index >= 15 is 0 Å². The molecule has 1 fully saturated rings. The molecule has 1 aliphatic rings. The van der Waals surface area contributed by atoms with E-state index in [0.717, 1.165) is 49.9 Å². The van der Waals surface area contributed by atoms with Gasteiger partial charge in [-0.3, -0.25) is 0 Å². The molecule has 29 heavy (non-hydrogen) atoms. The van der Waals surface area contributed by atoms with Gasteiger partial charge < -0.3 is 9.47 Å². The largest absolute Gasteiger partial charge is 0.348 e. The molecule has 0 atom stereocenters. The standard InChI is InChI=1S/C23H22F4O2/c1-2-3-4-5-16-13-28-23(29-14-16)17-11-20(25)18(21(26)12-17)8-6-15-7-9-19(24)22(27)10-15/h7,9-12,16,23H,2-5,13-14H2,1H3. The quantitative estimate of drug-likeness (QED) is 0.350. The van der Waals surface area contributed by atoms with Crippen molar-refractivity contribution in [3.8, 4) is 11.8 Å². The molecule has 1 heterocycles. The Morgan fingerprint density at radius 1 is 0.862 bits per heavy atom. The first-order valence-corrected chi connectivity index (χ1v) is 9.67. The van der Waals surface area contributed by atoms with Gasteiger partial charge in [-0.25, -0.2) is 17.6 Å². The lowest BCUT2D eigenvalue weighted by molar-refractivity contribution is -0.206. The van der Waals surface area contributed by atoms with Gasteiger partial charge in [-0.15, -0.1) is 0 Å². The molecule has 0 radical (unpaired) electrons. The second kappa shape index (κ2) is 9.91. The van der Waals surface area contributed by atoms with Gasteiger partial charge in [0.2, 0.25) is 0 Å². The third kappa shape index (κ3) is 5.59. The van der Waals surface area contributed by atoms with E-state index in [4.69, 9.17) is 9.47 Å². The van der Waals surface area contributed by atoms with Crippen LogP contribution in [-0.4, -0.2) is 13.2 Å². The van der Waals surface area contributed by atoms with Crippen LogP contribution in [0.2, 0.25) is 0 Å². The molecule has 0 amide bonds. The van der Waals surface area contributed by atoms with Crippen LogP contribution in [0.5, 0.6) is 0 Å². The molecule has 2 nitrogen and oxygen atoms in total. The van der Waals surface area contributed by atoms with E-state index < -0.39 is 35.1 Å². The zero-order chi connectivity index (χ0) is 20.8. The van der Waals surface area contributed by atoms with Crippen molar-refractivity contribution in [2.24, 2.45) is 5.92 Å². The molecule has 0 saturated carbocycles. The summed E-state index contributed by atoms with van der Waals surface area (Å²) < 4.78 is 66.3. The third-order valence-corrected chi connectivity index (χ3v) is 4.77. The zero-order valence-corrected chi connectivity index (χ0v) is 16.1. The Hall–Kier alpha value is -2.36. The number of halogens is 4. The summed E-state index contributed by atoms with van der Waals surface area (Å²) in [5, 5.41) is 0. The summed E-state index contributed by atoms with van der Waals surface area (Å²) in [7, 11) is 0. The highest BCUT2D eigenvalue weighted by molar-refractivity contribution is 5.45. The first-order chi connectivity index (χ1) is 14.0. The van der Waals surface area contributed by atoms with E-state index in [9.17, 15) is 17.6 Å². The normalized spacial score (nSPS) is 18.9. The lowest BCUT2D eigenvalue weighted by Gasteiger charge is -2.29. The van der Waals surface area contributed by atoms with E-state index in [2.05, 4.69) is 18.8 Å². The van der Waals surface area contributed by atoms with Crippen molar-refractivity contribution in [1.82, 2.24) is 0 Å². The molecule has 2 aromatic rings. The molecule has 3 rings (SSSR count). The first kappa shape index (κ1) is 21.4. The predicted molar refractivity (Wildman–Crippen MR) is 101 cm³/mol. The van der Waals surface area contributed by atoms with Gasteiger partial charge in [-0.05, 0) is 36.8 Å². The summed E-state index contributed by atoms with van der Waals surface area (Å²) in [6.45, 7) is 3.10. The van der Waals surface area contributed by atoms with Gasteiger partial charge in [0, 0.05) is 17.0 Å². The lowest BCUT2D eigenvalue weighted by Crippen LogP contribution is -2.27. The van der Waals surface area contributed by atoms with Crippen LogP contribution in [0.25, 0.3) is 0 Å². The van der Waals surface area contributed by atoms with Crippen LogP contribution in [0, 0.1) is 41.0 Å². The van der Waals surface area contributed by atoms with Gasteiger partial charge in [0.1, 0.15) is 11.6 Å². The van der Waals surface area contributed by atoms with E-state index in [1.807, 2.05) is 0 Å². The molecule has 0 aromatic heterocycles. The van der Waals surface area contributed by atoms with Gasteiger partial charge in [-0.2, -0.15) is 0 Å². The summed E-state index contributed by atoms with van der Waals surface area (Å²) >= 11 is 0. The van der Waals surface area contributed by atoms with E-state index in [-0.39, 0.29) is 17.0 Å². The molecular formula is C23H22F4O2. The van der Waals surface area contributed by atoms with Crippen LogP contribution in [-0.2, 0) is 9.47 Å². The van der Waals surface area contributed by atoms with E-state index in [0.29, 0.717) is 13.2 Å². The number of ether oxygens (including phenoxy) is 2. The number of hydrogen-bond donors (Lipinski definition) is 0. The van der Waals surface area contributed by atoms with Crippen LogP contribution in [0.3, 0.4) is 0 Å². The van der Waals surface area contributed by atoms with Gasteiger partial charge in [0.15, 0.2) is 17.9 Å². The second-order valence-electron chi connectivity index (χ2n) is 7.10. The molecule has 1 saturated heterocycles. The molecular weight excluding hydrogens is 384 g/mol. The van der Waals surface area contributed by atoms with Gasteiger partial charge in [-0.1, -0.05) is 38.0 Å². The maximum absolute atomic E-state index is 14.4. The molecule has 0 aliphatic carbocycles. The fourth-order valence-corrected chi connectivity index (χ4v) is 3.14. The minimum absolute atomic E-state index is 0.111. The molecule has 0 unspecified atom stereocenters. The first-order valence-electron chi connectivity index (χ1n) is 9.67. The van der Waals surface area contributed by atoms with Gasteiger partial charge >= 0.3 is 0 Å². The van der Waals surface area contributed by atoms with Crippen molar-refractivity contribution in [1.29, 1.82) is 0 Å². The third-order valence-electron chi connectivity index (χ3n) is 4.77. The van der Waals surface area contributed by atoms with Crippen molar-refractivity contribution in [2.45, 2.75) is 38.9 Å². The van der Waals surface area contributed by atoms with E-state index in [1.54, 1.807) is 0 Å². The Morgan fingerprint density at radius 3 is 2.17 bits per heavy atom. The summed E-state index contributed by atoms with van der Waals surface area (Å²) in [6, 6.07) is 5.26. The molecule has 0 spiro atoms. The van der Waals surface area contributed by atoms with Crippen LogP contribution >= 0.6 is 0 Å². The van der Waals surface area contributed by atoms with E-state index in [1.165, 1.54) is 6.07 Å². The molecule has 0 N–H and O–H groups in total. The number of hydrogen-bond acceptors (Lipinski definition) is 2. The molecule has 6 heteroatoms. The lowest BCUT2D eigenvalue weighted by atomic mass is 10.0. The number of benzene rings is 2. The smallest absolute Gasteiger partial charge is 0.184 e. The van der Waals surface area contributed by atoms with Crippen LogP contribution in [0.15, 0.2) is 30.3 Å². The minimum Gasteiger partial charge on any atom is -0.348 e. The van der Waals surface area contributed by atoms with Crippen molar-refractivity contribution in [2.75, 3.05) is 13.2 Å². The average Bonchev–Trinajstić information content (AvgIpc) is 2.70. The predicted octanol–water partition coefficient (Wildman–Crippen LogP) is 5.88. The van der Waals surface area contributed by atoms with Crippen LogP contribution < -0.4 is 0 Å². The van der Waals surface area contributed by atoms with Crippen LogP contribution in [0.4, 0.5) is 17.6 Å². The Kier molecular flexibility index (Phi) is 7.29. The Morgan fingerprint density at radius 2 is 1.55 bits per heavy atom. The second-order valence-corrected chi connectivity index (χ2v) is 7.10. The van der Waals surface area contributed by atoms with Crippen molar-refractivity contribution in [3.05, 3.63) is 70.3 Å². The zero-order valence-electron chi connectivity index (χ0n) is 16.1. The topological polar surface area (TPSA) is 18.5 Å². The Bertz CT molecular complexity index is 886. The molecule has 0 bridgehead atoms. The SMILES string of the molecule is CCCCCC1COC(c2cc(F)c(C#Cc3ccc(F)c(F)c3)c(F)c2)OC1. The van der Waals surface area contributed by atoms with Crippen molar-refractivity contribution >= 4 is 0 Å². The molecule has 1 aliphatic heterocycles. The average molecular weight is 406 g/mol. The highest BCUT2D eigenvalue weighted by atomic mass is 19.2. The Labute approximate surface area is 167 Å². The summed E-state index contributed by atoms with van der Waals surface area (Å²) in [5.74, 6) is 1.24. The highest BCUT2D eigenvalue weighted by Crippen LogP contribution is 2.29. The highest BCUT2D eigenvalue weighted by Gasteiger charge is 2.25. The summed E-state index contributed by atoms with van der Waals surface area (Å²) in [4.78, 5) is 0. The maximum atomic E-state index is 14.4. The minimum atomic E-state index is -1.08. The maximum Gasteiger partial charge on any atom is 0.184 e. The van der Waals surface area contributed by atoms with Crippen LogP contribution in [0.1, 0.15) is 55.6 Å². The fourth-order valence-electron chi connectivity index (χ4n) is 3.14. The molecule has 2 aromatic carbocycles. The van der Waals surface area contributed by atoms with Crippen molar-refractivity contribution < 1.29 is 27.0 Å². The summed E-state index contributed by atoms with van der Waals surface area (Å²) in [6.07, 6.45) is 3.58. The fraction of sp³-hybridized carbons (Fsp3) is 0.391. The molecule has 154 valence electrons.